The fourth-order valence-corrected chi connectivity index (χ4v) is 2.92. The summed E-state index contributed by atoms with van der Waals surface area (Å²) in [6, 6.07) is 18.4. The number of para-hydroxylation sites is 1. The molecule has 0 radical (unpaired) electrons. The Kier molecular flexibility index (Phi) is 5.16. The third-order valence-electron chi connectivity index (χ3n) is 4.05. The van der Waals surface area contributed by atoms with Gasteiger partial charge < -0.3 is 9.84 Å². The van der Waals surface area contributed by atoms with Gasteiger partial charge in [0.2, 0.25) is 11.7 Å². The Labute approximate surface area is 166 Å². The molecule has 0 aliphatic heterocycles. The molecule has 0 fully saturated rings. The van der Waals surface area contributed by atoms with Crippen molar-refractivity contribution in [2.45, 2.75) is 6.42 Å². The van der Waals surface area contributed by atoms with Gasteiger partial charge in [-0.25, -0.2) is 4.68 Å². The lowest BCUT2D eigenvalue weighted by molar-refractivity contribution is 0.0945. The molecule has 2 aromatic heterocycles. The fourth-order valence-electron chi connectivity index (χ4n) is 2.72. The second-order valence-electron chi connectivity index (χ2n) is 5.99. The molecule has 1 amide bonds. The Balaban J connectivity index is 1.38. The van der Waals surface area contributed by atoms with Crippen LogP contribution in [0.5, 0.6) is 0 Å². The minimum atomic E-state index is -0.226. The van der Waals surface area contributed by atoms with Gasteiger partial charge in [0.25, 0.3) is 5.91 Å². The summed E-state index contributed by atoms with van der Waals surface area (Å²) >= 11 is 5.99. The van der Waals surface area contributed by atoms with Crippen LogP contribution in [-0.2, 0) is 6.42 Å². The quantitative estimate of drug-likeness (QED) is 0.541. The van der Waals surface area contributed by atoms with Crippen molar-refractivity contribution in [3.05, 3.63) is 83.5 Å². The Bertz CT molecular complexity index is 1090. The number of benzene rings is 2. The number of hydrogen-bond acceptors (Lipinski definition) is 5. The van der Waals surface area contributed by atoms with Crippen molar-refractivity contribution in [3.8, 4) is 17.1 Å². The number of carbonyl (C=O) groups excluding carboxylic acids is 1. The van der Waals surface area contributed by atoms with Crippen LogP contribution in [0, 0.1) is 0 Å². The van der Waals surface area contributed by atoms with E-state index in [1.165, 1.54) is 0 Å². The summed E-state index contributed by atoms with van der Waals surface area (Å²) in [5.41, 5.74) is 2.05. The van der Waals surface area contributed by atoms with E-state index in [0.29, 0.717) is 35.4 Å². The van der Waals surface area contributed by atoms with Gasteiger partial charge in [0.15, 0.2) is 0 Å². The third kappa shape index (κ3) is 3.94. The normalized spacial score (nSPS) is 10.8. The summed E-state index contributed by atoms with van der Waals surface area (Å²) in [6.07, 6.45) is 2.01. The number of aromatic nitrogens is 4. The lowest BCUT2D eigenvalue weighted by atomic mass is 10.2. The molecule has 1 N–H and O–H groups in total. The Hall–Kier alpha value is -3.45. The average molecular weight is 394 g/mol. The third-order valence-corrected chi connectivity index (χ3v) is 4.29. The van der Waals surface area contributed by atoms with E-state index in [4.69, 9.17) is 16.1 Å². The van der Waals surface area contributed by atoms with E-state index in [1.807, 2.05) is 42.5 Å². The first kappa shape index (κ1) is 17.9. The number of rotatable bonds is 6. The number of nitrogens with zero attached hydrogens (tertiary/aromatic N) is 4. The Morgan fingerprint density at radius 1 is 1.11 bits per heavy atom. The fraction of sp³-hybridized carbons (Fsp3) is 0.100. The van der Waals surface area contributed by atoms with Crippen molar-refractivity contribution in [3.63, 3.8) is 0 Å². The van der Waals surface area contributed by atoms with Gasteiger partial charge >= 0.3 is 0 Å². The number of halogens is 1. The molecule has 0 spiro atoms. The summed E-state index contributed by atoms with van der Waals surface area (Å²) in [6.45, 7) is 0.357. The molecule has 0 unspecified atom stereocenters. The summed E-state index contributed by atoms with van der Waals surface area (Å²) in [5.74, 6) is 0.675. The minimum absolute atomic E-state index is 0.226. The number of hydrogen-bond donors (Lipinski definition) is 1. The summed E-state index contributed by atoms with van der Waals surface area (Å²) in [7, 11) is 0. The van der Waals surface area contributed by atoms with Crippen LogP contribution >= 0.6 is 11.6 Å². The molecule has 140 valence electrons. The van der Waals surface area contributed by atoms with Gasteiger partial charge in [0.05, 0.1) is 11.9 Å². The molecule has 0 bridgehead atoms. The molecule has 0 aliphatic rings. The van der Waals surface area contributed by atoms with Crippen LogP contribution in [-0.4, -0.2) is 32.4 Å². The summed E-state index contributed by atoms with van der Waals surface area (Å²) < 4.78 is 6.85. The zero-order valence-electron chi connectivity index (χ0n) is 14.7. The van der Waals surface area contributed by atoms with Crippen molar-refractivity contribution in [2.24, 2.45) is 0 Å². The van der Waals surface area contributed by atoms with Gasteiger partial charge in [-0.1, -0.05) is 47.1 Å². The zero-order chi connectivity index (χ0) is 19.3. The van der Waals surface area contributed by atoms with Crippen molar-refractivity contribution in [1.29, 1.82) is 0 Å². The van der Waals surface area contributed by atoms with Gasteiger partial charge in [0, 0.05) is 23.6 Å². The van der Waals surface area contributed by atoms with Gasteiger partial charge in [-0.2, -0.15) is 10.1 Å². The zero-order valence-corrected chi connectivity index (χ0v) is 15.5. The van der Waals surface area contributed by atoms with Crippen molar-refractivity contribution < 1.29 is 9.32 Å². The van der Waals surface area contributed by atoms with Crippen LogP contribution in [0.4, 0.5) is 0 Å². The molecule has 2 aromatic carbocycles. The van der Waals surface area contributed by atoms with E-state index in [1.54, 1.807) is 29.1 Å². The van der Waals surface area contributed by atoms with Gasteiger partial charge in [0.1, 0.15) is 5.69 Å². The largest absolute Gasteiger partial charge is 0.350 e. The molecular formula is C20H16ClN5O2. The summed E-state index contributed by atoms with van der Waals surface area (Å²) in [5, 5.41) is 11.6. The van der Waals surface area contributed by atoms with Gasteiger partial charge in [-0.05, 0) is 30.3 Å². The first-order chi connectivity index (χ1) is 13.7. The maximum absolute atomic E-state index is 12.5. The van der Waals surface area contributed by atoms with Crippen LogP contribution in [0.3, 0.4) is 0 Å². The van der Waals surface area contributed by atoms with E-state index in [-0.39, 0.29) is 5.91 Å². The van der Waals surface area contributed by atoms with Gasteiger partial charge in [-0.15, -0.1) is 0 Å². The Morgan fingerprint density at radius 3 is 2.79 bits per heavy atom. The molecule has 28 heavy (non-hydrogen) atoms. The standard InChI is InChI=1S/C20H16ClN5O2/c21-15-6-4-5-14(13-15)19-24-18(28-25-19)10-11-22-20(27)17-9-12-23-26(17)16-7-2-1-3-8-16/h1-9,12-13H,10-11H2,(H,22,27). The number of nitrogens with one attached hydrogen (secondary N) is 1. The number of carbonyl (C=O) groups is 1. The maximum Gasteiger partial charge on any atom is 0.270 e. The van der Waals surface area contributed by atoms with Crippen molar-refractivity contribution in [1.82, 2.24) is 25.2 Å². The van der Waals surface area contributed by atoms with E-state index < -0.39 is 0 Å². The molecular weight excluding hydrogens is 378 g/mol. The first-order valence-electron chi connectivity index (χ1n) is 8.67. The molecule has 0 saturated carbocycles. The second-order valence-corrected chi connectivity index (χ2v) is 6.43. The van der Waals surface area contributed by atoms with Crippen LogP contribution in [0.25, 0.3) is 17.1 Å². The summed E-state index contributed by atoms with van der Waals surface area (Å²) in [4.78, 5) is 16.8. The maximum atomic E-state index is 12.5. The second kappa shape index (κ2) is 8.06. The molecule has 0 saturated heterocycles. The van der Waals surface area contributed by atoms with E-state index in [0.717, 1.165) is 11.3 Å². The molecule has 4 rings (SSSR count). The topological polar surface area (TPSA) is 85.8 Å². The van der Waals surface area contributed by atoms with Gasteiger partial charge in [-0.3, -0.25) is 4.79 Å². The van der Waals surface area contributed by atoms with Crippen LogP contribution in [0.2, 0.25) is 5.02 Å². The predicted molar refractivity (Wildman–Crippen MR) is 104 cm³/mol. The van der Waals surface area contributed by atoms with Crippen molar-refractivity contribution >= 4 is 17.5 Å². The van der Waals surface area contributed by atoms with Crippen molar-refractivity contribution in [2.75, 3.05) is 6.54 Å². The minimum Gasteiger partial charge on any atom is -0.350 e. The highest BCUT2D eigenvalue weighted by Crippen LogP contribution is 2.20. The highest BCUT2D eigenvalue weighted by molar-refractivity contribution is 6.30. The molecule has 0 aliphatic carbocycles. The van der Waals surface area contributed by atoms with E-state index >= 15 is 0 Å². The van der Waals surface area contributed by atoms with Crippen LogP contribution in [0.15, 0.2) is 71.4 Å². The first-order valence-corrected chi connectivity index (χ1v) is 9.05. The molecule has 8 heteroatoms. The smallest absolute Gasteiger partial charge is 0.270 e. The Morgan fingerprint density at radius 2 is 1.96 bits per heavy atom. The number of amides is 1. The SMILES string of the molecule is O=C(NCCc1nc(-c2cccc(Cl)c2)no1)c1ccnn1-c1ccccc1. The molecule has 7 nitrogen and oxygen atoms in total. The lowest BCUT2D eigenvalue weighted by Crippen LogP contribution is -2.27. The molecule has 0 atom stereocenters. The highest BCUT2D eigenvalue weighted by Gasteiger charge is 2.14. The predicted octanol–water partition coefficient (Wildman–Crippen LogP) is 3.55. The molecule has 2 heterocycles. The van der Waals surface area contributed by atoms with E-state index in [9.17, 15) is 4.79 Å². The monoisotopic (exact) mass is 393 g/mol. The van der Waals surface area contributed by atoms with Crippen LogP contribution < -0.4 is 5.32 Å². The highest BCUT2D eigenvalue weighted by atomic mass is 35.5. The van der Waals surface area contributed by atoms with Crippen LogP contribution in [0.1, 0.15) is 16.4 Å². The lowest BCUT2D eigenvalue weighted by Gasteiger charge is -2.07. The average Bonchev–Trinajstić information content (AvgIpc) is 3.38. The van der Waals surface area contributed by atoms with E-state index in [2.05, 4.69) is 20.6 Å². The molecule has 4 aromatic rings.